The molecular formula is C14H18N4O2S. The molecule has 0 amide bonds. The Hall–Kier alpha value is -2.15. The first-order chi connectivity index (χ1) is 9.98. The van der Waals surface area contributed by atoms with E-state index in [9.17, 15) is 8.42 Å². The molecular weight excluding hydrogens is 288 g/mol. The normalized spacial score (nSPS) is 11.1. The van der Waals surface area contributed by atoms with E-state index in [-0.39, 0.29) is 5.75 Å². The van der Waals surface area contributed by atoms with Gasteiger partial charge in [-0.25, -0.2) is 18.4 Å². The van der Waals surface area contributed by atoms with Gasteiger partial charge in [0.15, 0.2) is 5.82 Å². The zero-order valence-corrected chi connectivity index (χ0v) is 12.8. The van der Waals surface area contributed by atoms with Crippen LogP contribution in [0.3, 0.4) is 0 Å². The number of rotatable bonds is 6. The molecule has 0 aliphatic heterocycles. The summed E-state index contributed by atoms with van der Waals surface area (Å²) in [7, 11) is -1.22. The summed E-state index contributed by atoms with van der Waals surface area (Å²) >= 11 is 0. The van der Waals surface area contributed by atoms with Gasteiger partial charge in [0.25, 0.3) is 0 Å². The van der Waals surface area contributed by atoms with Crippen LogP contribution in [-0.4, -0.2) is 44.0 Å². The molecule has 6 nitrogen and oxygen atoms in total. The maximum Gasteiger partial charge on any atom is 0.163 e. The van der Waals surface area contributed by atoms with Crippen molar-refractivity contribution < 1.29 is 8.42 Å². The van der Waals surface area contributed by atoms with E-state index < -0.39 is 9.84 Å². The average molecular weight is 306 g/mol. The molecule has 21 heavy (non-hydrogen) atoms. The Balaban J connectivity index is 2.22. The second-order valence-electron chi connectivity index (χ2n) is 4.63. The van der Waals surface area contributed by atoms with Crippen molar-refractivity contribution in [1.82, 2.24) is 9.97 Å². The molecule has 0 saturated carbocycles. The van der Waals surface area contributed by atoms with Crippen LogP contribution in [0.5, 0.6) is 0 Å². The van der Waals surface area contributed by atoms with E-state index in [4.69, 9.17) is 0 Å². The van der Waals surface area contributed by atoms with Crippen molar-refractivity contribution in [2.75, 3.05) is 36.2 Å². The smallest absolute Gasteiger partial charge is 0.163 e. The lowest BCUT2D eigenvalue weighted by molar-refractivity contribution is 0.602. The van der Waals surface area contributed by atoms with Gasteiger partial charge >= 0.3 is 0 Å². The third-order valence-corrected chi connectivity index (χ3v) is 3.74. The standard InChI is InChI=1S/C14H18N4O2S/c1-15-12-10-13(16-8-9-21(2,19)20)18-14(17-12)11-6-4-3-5-7-11/h3-7,10H,8-9H2,1-2H3,(H2,15,16,17,18). The molecule has 0 aliphatic carbocycles. The predicted molar refractivity (Wildman–Crippen MR) is 85.2 cm³/mol. The van der Waals surface area contributed by atoms with Gasteiger partial charge in [-0.15, -0.1) is 0 Å². The number of sulfone groups is 1. The Morgan fingerprint density at radius 2 is 1.76 bits per heavy atom. The van der Waals surface area contributed by atoms with Crippen molar-refractivity contribution in [3.05, 3.63) is 36.4 Å². The molecule has 0 radical (unpaired) electrons. The van der Waals surface area contributed by atoms with Crippen LogP contribution in [0.2, 0.25) is 0 Å². The van der Waals surface area contributed by atoms with Gasteiger partial charge in [0, 0.05) is 31.5 Å². The third-order valence-electron chi connectivity index (χ3n) is 2.79. The highest BCUT2D eigenvalue weighted by molar-refractivity contribution is 7.90. The minimum Gasteiger partial charge on any atom is -0.373 e. The topological polar surface area (TPSA) is 84.0 Å². The molecule has 0 fully saturated rings. The summed E-state index contributed by atoms with van der Waals surface area (Å²) in [5, 5.41) is 5.99. The molecule has 0 bridgehead atoms. The Morgan fingerprint density at radius 3 is 2.38 bits per heavy atom. The van der Waals surface area contributed by atoms with Crippen LogP contribution in [-0.2, 0) is 9.84 Å². The lowest BCUT2D eigenvalue weighted by Gasteiger charge is -2.09. The van der Waals surface area contributed by atoms with E-state index in [1.54, 1.807) is 13.1 Å². The SMILES string of the molecule is CNc1cc(NCCS(C)(=O)=O)nc(-c2ccccc2)n1. The molecule has 1 aromatic heterocycles. The van der Waals surface area contributed by atoms with Gasteiger partial charge in [0.1, 0.15) is 21.5 Å². The first-order valence-corrected chi connectivity index (χ1v) is 8.58. The summed E-state index contributed by atoms with van der Waals surface area (Å²) in [6.45, 7) is 0.313. The molecule has 112 valence electrons. The maximum absolute atomic E-state index is 11.1. The summed E-state index contributed by atoms with van der Waals surface area (Å²) in [4.78, 5) is 8.81. The van der Waals surface area contributed by atoms with Crippen LogP contribution in [0.15, 0.2) is 36.4 Å². The predicted octanol–water partition coefficient (Wildman–Crippen LogP) is 1.64. The number of anilines is 2. The quantitative estimate of drug-likeness (QED) is 0.844. The first-order valence-electron chi connectivity index (χ1n) is 6.52. The molecule has 0 aliphatic rings. The van der Waals surface area contributed by atoms with Crippen molar-refractivity contribution in [2.45, 2.75) is 0 Å². The van der Waals surface area contributed by atoms with Crippen molar-refractivity contribution >= 4 is 21.5 Å². The third kappa shape index (κ3) is 4.71. The lowest BCUT2D eigenvalue weighted by atomic mass is 10.2. The van der Waals surface area contributed by atoms with Crippen LogP contribution in [0.4, 0.5) is 11.6 Å². The summed E-state index contributed by atoms with van der Waals surface area (Å²) in [6.07, 6.45) is 1.21. The average Bonchev–Trinajstić information content (AvgIpc) is 2.46. The second kappa shape index (κ2) is 6.53. The van der Waals surface area contributed by atoms with E-state index in [0.717, 1.165) is 5.56 Å². The van der Waals surface area contributed by atoms with Crippen LogP contribution in [0.25, 0.3) is 11.4 Å². The van der Waals surface area contributed by atoms with E-state index in [1.807, 2.05) is 30.3 Å². The van der Waals surface area contributed by atoms with Crippen molar-refractivity contribution in [3.63, 3.8) is 0 Å². The highest BCUT2D eigenvalue weighted by Crippen LogP contribution is 2.19. The molecule has 2 rings (SSSR count). The van der Waals surface area contributed by atoms with Gasteiger partial charge in [-0.3, -0.25) is 0 Å². The van der Waals surface area contributed by atoms with Crippen molar-refractivity contribution in [1.29, 1.82) is 0 Å². The fraction of sp³-hybridized carbons (Fsp3) is 0.286. The van der Waals surface area contributed by atoms with E-state index in [2.05, 4.69) is 20.6 Å². The van der Waals surface area contributed by atoms with Gasteiger partial charge in [0.2, 0.25) is 0 Å². The van der Waals surface area contributed by atoms with Crippen LogP contribution in [0.1, 0.15) is 0 Å². The Morgan fingerprint density at radius 1 is 1.10 bits per heavy atom. The summed E-state index contributed by atoms with van der Waals surface area (Å²) in [5.41, 5.74) is 0.903. The Labute approximate surface area is 124 Å². The molecule has 0 unspecified atom stereocenters. The summed E-state index contributed by atoms with van der Waals surface area (Å²) in [5.74, 6) is 1.92. The summed E-state index contributed by atoms with van der Waals surface area (Å²) in [6, 6.07) is 11.4. The van der Waals surface area contributed by atoms with Gasteiger partial charge in [-0.05, 0) is 0 Å². The molecule has 1 heterocycles. The molecule has 1 aromatic carbocycles. The second-order valence-corrected chi connectivity index (χ2v) is 6.89. The van der Waals surface area contributed by atoms with Crippen molar-refractivity contribution in [2.24, 2.45) is 0 Å². The maximum atomic E-state index is 11.1. The molecule has 2 aromatic rings. The number of aromatic nitrogens is 2. The first kappa shape index (κ1) is 15.2. The highest BCUT2D eigenvalue weighted by atomic mass is 32.2. The monoisotopic (exact) mass is 306 g/mol. The van der Waals surface area contributed by atoms with Gasteiger partial charge in [-0.1, -0.05) is 30.3 Å². The lowest BCUT2D eigenvalue weighted by Crippen LogP contribution is -2.15. The number of hydrogen-bond acceptors (Lipinski definition) is 6. The van der Waals surface area contributed by atoms with Gasteiger partial charge in [-0.2, -0.15) is 0 Å². The number of hydrogen-bond donors (Lipinski definition) is 2. The van der Waals surface area contributed by atoms with E-state index in [0.29, 0.717) is 24.0 Å². The largest absolute Gasteiger partial charge is 0.373 e. The van der Waals surface area contributed by atoms with E-state index in [1.165, 1.54) is 6.26 Å². The minimum absolute atomic E-state index is 0.0621. The van der Waals surface area contributed by atoms with Gasteiger partial charge in [0.05, 0.1) is 5.75 Å². The number of benzene rings is 1. The molecule has 0 saturated heterocycles. The van der Waals surface area contributed by atoms with Crippen LogP contribution in [0, 0.1) is 0 Å². The minimum atomic E-state index is -2.99. The number of nitrogens with zero attached hydrogens (tertiary/aromatic N) is 2. The summed E-state index contributed by atoms with van der Waals surface area (Å²) < 4.78 is 22.3. The Kier molecular flexibility index (Phi) is 4.74. The van der Waals surface area contributed by atoms with Gasteiger partial charge < -0.3 is 10.6 Å². The zero-order chi connectivity index (χ0) is 15.3. The zero-order valence-electron chi connectivity index (χ0n) is 12.0. The van der Waals surface area contributed by atoms with E-state index >= 15 is 0 Å². The fourth-order valence-electron chi connectivity index (χ4n) is 1.75. The molecule has 2 N–H and O–H groups in total. The highest BCUT2D eigenvalue weighted by Gasteiger charge is 2.07. The molecule has 0 atom stereocenters. The fourth-order valence-corrected chi connectivity index (χ4v) is 2.22. The molecule has 7 heteroatoms. The van der Waals surface area contributed by atoms with Crippen LogP contribution >= 0.6 is 0 Å². The van der Waals surface area contributed by atoms with Crippen molar-refractivity contribution in [3.8, 4) is 11.4 Å². The number of nitrogens with one attached hydrogen (secondary N) is 2. The molecule has 0 spiro atoms. The Bertz CT molecular complexity index is 702. The van der Waals surface area contributed by atoms with Crippen LogP contribution < -0.4 is 10.6 Å².